The Hall–Kier alpha value is -3.36. The summed E-state index contributed by atoms with van der Waals surface area (Å²) in [5, 5.41) is 9.04. The third kappa shape index (κ3) is 5.02. The number of fused-ring (bicyclic) bond motifs is 1. The van der Waals surface area contributed by atoms with Crippen molar-refractivity contribution in [2.45, 2.75) is 32.1 Å². The minimum absolute atomic E-state index is 0.0258. The van der Waals surface area contributed by atoms with E-state index in [9.17, 15) is 14.4 Å². The van der Waals surface area contributed by atoms with Gasteiger partial charge >= 0.3 is 0 Å². The van der Waals surface area contributed by atoms with Gasteiger partial charge in [0, 0.05) is 17.1 Å². The van der Waals surface area contributed by atoms with Crippen molar-refractivity contribution in [3.05, 3.63) is 74.0 Å². The standard InChI is InChI=1S/C23H21Cl2N5O3/c1-11(2)12-3-6-14(7-4-12)26-21(32)15-10-18(31)28-20-19(15)22(33)30-23(29-20)27-17-8-5-13(24)9-16(17)25/h3-9,11,15H,10H2,1-2H3,(H,26,32)(H3,27,28,29,30,31,33). The molecule has 2 aromatic carbocycles. The van der Waals surface area contributed by atoms with E-state index in [1.807, 2.05) is 12.1 Å². The van der Waals surface area contributed by atoms with Crippen LogP contribution in [0.25, 0.3) is 0 Å². The van der Waals surface area contributed by atoms with Gasteiger partial charge in [-0.1, -0.05) is 49.2 Å². The summed E-state index contributed by atoms with van der Waals surface area (Å²) < 4.78 is 0. The lowest BCUT2D eigenvalue weighted by Gasteiger charge is -2.23. The molecule has 3 aromatic rings. The van der Waals surface area contributed by atoms with Crippen molar-refractivity contribution < 1.29 is 9.59 Å². The topological polar surface area (TPSA) is 116 Å². The van der Waals surface area contributed by atoms with Crippen LogP contribution < -0.4 is 21.5 Å². The summed E-state index contributed by atoms with van der Waals surface area (Å²) >= 11 is 12.1. The fourth-order valence-corrected chi connectivity index (χ4v) is 4.01. The number of hydrogen-bond acceptors (Lipinski definition) is 5. The summed E-state index contributed by atoms with van der Waals surface area (Å²) in [7, 11) is 0. The number of aromatic nitrogens is 2. The van der Waals surface area contributed by atoms with Gasteiger partial charge < -0.3 is 16.0 Å². The number of carbonyl (C=O) groups excluding carboxylic acids is 2. The van der Waals surface area contributed by atoms with Crippen LogP contribution in [0.3, 0.4) is 0 Å². The first kappa shape index (κ1) is 22.8. The van der Waals surface area contributed by atoms with Gasteiger partial charge in [-0.05, 0) is 41.8 Å². The third-order valence-electron chi connectivity index (χ3n) is 5.30. The van der Waals surface area contributed by atoms with Crippen LogP contribution in [0.1, 0.15) is 43.2 Å². The minimum atomic E-state index is -0.983. The normalized spacial score (nSPS) is 15.1. The molecule has 0 aliphatic carbocycles. The monoisotopic (exact) mass is 485 g/mol. The maximum atomic E-state index is 13.0. The molecular weight excluding hydrogens is 465 g/mol. The number of halogens is 2. The lowest BCUT2D eigenvalue weighted by molar-refractivity contribution is -0.123. The summed E-state index contributed by atoms with van der Waals surface area (Å²) in [6.07, 6.45) is -0.163. The zero-order chi connectivity index (χ0) is 23.7. The molecule has 1 atom stereocenters. The molecule has 1 unspecified atom stereocenters. The highest BCUT2D eigenvalue weighted by atomic mass is 35.5. The van der Waals surface area contributed by atoms with E-state index in [2.05, 4.69) is 39.8 Å². The predicted molar refractivity (Wildman–Crippen MR) is 130 cm³/mol. The van der Waals surface area contributed by atoms with E-state index < -0.39 is 23.3 Å². The second-order valence-corrected chi connectivity index (χ2v) is 8.84. The molecule has 1 aliphatic rings. The average molecular weight is 486 g/mol. The molecule has 0 saturated carbocycles. The van der Waals surface area contributed by atoms with Crippen LogP contribution in [0, 0.1) is 0 Å². The Morgan fingerprint density at radius 3 is 2.52 bits per heavy atom. The first-order valence-corrected chi connectivity index (χ1v) is 11.0. The number of H-pyrrole nitrogens is 1. The van der Waals surface area contributed by atoms with Crippen LogP contribution in [0.2, 0.25) is 10.0 Å². The molecule has 2 amide bonds. The molecular formula is C23H21Cl2N5O3. The van der Waals surface area contributed by atoms with E-state index in [4.69, 9.17) is 23.2 Å². The van der Waals surface area contributed by atoms with E-state index >= 15 is 0 Å². The highest BCUT2D eigenvalue weighted by Crippen LogP contribution is 2.32. The van der Waals surface area contributed by atoms with E-state index in [1.165, 1.54) is 6.07 Å². The van der Waals surface area contributed by atoms with Crippen molar-refractivity contribution >= 4 is 58.2 Å². The number of carbonyl (C=O) groups is 2. The summed E-state index contributed by atoms with van der Waals surface area (Å²) in [6.45, 7) is 4.16. The molecule has 10 heteroatoms. The lowest BCUT2D eigenvalue weighted by Crippen LogP contribution is -2.36. The highest BCUT2D eigenvalue weighted by Gasteiger charge is 2.34. The van der Waals surface area contributed by atoms with E-state index in [1.54, 1.807) is 24.3 Å². The number of anilines is 4. The molecule has 0 spiro atoms. The molecule has 4 N–H and O–H groups in total. The van der Waals surface area contributed by atoms with Gasteiger partial charge in [0.05, 0.1) is 22.2 Å². The van der Waals surface area contributed by atoms with Gasteiger partial charge in [-0.2, -0.15) is 4.98 Å². The number of rotatable bonds is 5. The van der Waals surface area contributed by atoms with Gasteiger partial charge in [0.15, 0.2) is 0 Å². The van der Waals surface area contributed by atoms with Gasteiger partial charge in [-0.3, -0.25) is 19.4 Å². The molecule has 0 fully saturated rings. The van der Waals surface area contributed by atoms with Crippen LogP contribution in [-0.2, 0) is 9.59 Å². The van der Waals surface area contributed by atoms with Crippen molar-refractivity contribution in [3.8, 4) is 0 Å². The molecule has 4 rings (SSSR count). The van der Waals surface area contributed by atoms with E-state index in [0.717, 1.165) is 5.56 Å². The number of aromatic amines is 1. The van der Waals surface area contributed by atoms with Gasteiger partial charge in [-0.25, -0.2) is 0 Å². The Morgan fingerprint density at radius 2 is 1.85 bits per heavy atom. The summed E-state index contributed by atoms with van der Waals surface area (Å²) in [5.74, 6) is -1.41. The molecule has 1 aromatic heterocycles. The SMILES string of the molecule is CC(C)c1ccc(NC(=O)C2CC(=O)Nc3nc(Nc4ccc(Cl)cc4Cl)[nH]c(=O)c32)cc1. The molecule has 1 aliphatic heterocycles. The van der Waals surface area contributed by atoms with Gasteiger partial charge in [0.2, 0.25) is 17.8 Å². The van der Waals surface area contributed by atoms with Crippen molar-refractivity contribution in [2.24, 2.45) is 0 Å². The first-order valence-electron chi connectivity index (χ1n) is 10.3. The van der Waals surface area contributed by atoms with E-state index in [-0.39, 0.29) is 23.8 Å². The molecule has 0 bridgehead atoms. The van der Waals surface area contributed by atoms with Crippen LogP contribution in [0.15, 0.2) is 47.3 Å². The van der Waals surface area contributed by atoms with Crippen molar-refractivity contribution in [1.82, 2.24) is 9.97 Å². The second-order valence-electron chi connectivity index (χ2n) is 8.00. The highest BCUT2D eigenvalue weighted by molar-refractivity contribution is 6.36. The molecule has 2 heterocycles. The zero-order valence-corrected chi connectivity index (χ0v) is 19.3. The fraction of sp³-hybridized carbons (Fsp3) is 0.217. The zero-order valence-electron chi connectivity index (χ0n) is 17.8. The third-order valence-corrected chi connectivity index (χ3v) is 5.84. The quantitative estimate of drug-likeness (QED) is 0.405. The average Bonchev–Trinajstić information content (AvgIpc) is 2.75. The Morgan fingerprint density at radius 1 is 1.12 bits per heavy atom. The van der Waals surface area contributed by atoms with Crippen LogP contribution >= 0.6 is 23.2 Å². The van der Waals surface area contributed by atoms with Crippen molar-refractivity contribution in [3.63, 3.8) is 0 Å². The lowest BCUT2D eigenvalue weighted by atomic mass is 9.92. The smallest absolute Gasteiger partial charge is 0.258 e. The molecule has 33 heavy (non-hydrogen) atoms. The Bertz CT molecular complexity index is 1290. The largest absolute Gasteiger partial charge is 0.326 e. The maximum Gasteiger partial charge on any atom is 0.258 e. The summed E-state index contributed by atoms with van der Waals surface area (Å²) in [4.78, 5) is 45.0. The summed E-state index contributed by atoms with van der Waals surface area (Å²) in [6, 6.07) is 12.2. The number of hydrogen-bond donors (Lipinski definition) is 4. The molecule has 170 valence electrons. The second kappa shape index (κ2) is 9.25. The molecule has 0 radical (unpaired) electrons. The van der Waals surface area contributed by atoms with Crippen molar-refractivity contribution in [1.29, 1.82) is 0 Å². The molecule has 0 saturated heterocycles. The maximum absolute atomic E-state index is 13.0. The Kier molecular flexibility index (Phi) is 6.40. The number of nitrogens with one attached hydrogen (secondary N) is 4. The van der Waals surface area contributed by atoms with Crippen molar-refractivity contribution in [2.75, 3.05) is 16.0 Å². The predicted octanol–water partition coefficient (Wildman–Crippen LogP) is 5.01. The van der Waals surface area contributed by atoms with Gasteiger partial charge in [0.1, 0.15) is 5.82 Å². The fourth-order valence-electron chi connectivity index (χ4n) is 3.55. The Balaban J connectivity index is 1.60. The molecule has 8 nitrogen and oxygen atoms in total. The number of benzene rings is 2. The van der Waals surface area contributed by atoms with Crippen LogP contribution in [-0.4, -0.2) is 21.8 Å². The van der Waals surface area contributed by atoms with E-state index in [0.29, 0.717) is 27.3 Å². The minimum Gasteiger partial charge on any atom is -0.326 e. The van der Waals surface area contributed by atoms with Crippen LogP contribution in [0.4, 0.5) is 23.1 Å². The van der Waals surface area contributed by atoms with Crippen LogP contribution in [0.5, 0.6) is 0 Å². The number of amides is 2. The van der Waals surface area contributed by atoms with Gasteiger partial charge in [0.25, 0.3) is 5.56 Å². The van der Waals surface area contributed by atoms with Gasteiger partial charge in [-0.15, -0.1) is 0 Å². The Labute approximate surface area is 199 Å². The summed E-state index contributed by atoms with van der Waals surface area (Å²) in [5.41, 5.74) is 1.74. The first-order chi connectivity index (χ1) is 15.7. The number of nitrogens with zero attached hydrogens (tertiary/aromatic N) is 1.